The number of ketones is 1. The number of likely N-dealkylation sites (N-methyl/N-ethyl adjacent to an activating group) is 1. The monoisotopic (exact) mass is 583 g/mol. The van der Waals surface area contributed by atoms with Crippen molar-refractivity contribution in [2.75, 3.05) is 30.9 Å². The number of thiophene rings is 1. The van der Waals surface area contributed by atoms with Gasteiger partial charge in [0.1, 0.15) is 16.3 Å². The quantitative estimate of drug-likeness (QED) is 0.218. The van der Waals surface area contributed by atoms with Crippen molar-refractivity contribution in [3.63, 3.8) is 0 Å². The minimum absolute atomic E-state index is 0.00318. The lowest BCUT2D eigenvalue weighted by Crippen LogP contribution is -2.39. The van der Waals surface area contributed by atoms with Crippen LogP contribution in [-0.2, 0) is 4.79 Å². The molecular weight excluding hydrogens is 550 g/mol. The molecule has 1 aliphatic heterocycles. The molecule has 0 radical (unpaired) electrons. The van der Waals surface area contributed by atoms with Crippen LogP contribution in [0.15, 0.2) is 60.8 Å². The van der Waals surface area contributed by atoms with Gasteiger partial charge in [-0.3, -0.25) is 14.5 Å². The molecule has 4 aromatic rings. The maximum atomic E-state index is 13.6. The summed E-state index contributed by atoms with van der Waals surface area (Å²) in [5, 5.41) is 6.87. The van der Waals surface area contributed by atoms with Crippen molar-refractivity contribution in [1.29, 1.82) is 0 Å². The van der Waals surface area contributed by atoms with Gasteiger partial charge in [0.25, 0.3) is 0 Å². The van der Waals surface area contributed by atoms with E-state index in [4.69, 9.17) is 4.74 Å². The number of para-hydroxylation sites is 1. The molecule has 2 atom stereocenters. The van der Waals surface area contributed by atoms with Gasteiger partial charge in [0.05, 0.1) is 33.9 Å². The maximum Gasteiger partial charge on any atom is 0.331 e. The number of anilines is 3. The number of aryl methyl sites for hydroxylation is 1. The first-order chi connectivity index (χ1) is 20.3. The van der Waals surface area contributed by atoms with E-state index in [9.17, 15) is 14.4 Å². The maximum absolute atomic E-state index is 13.6. The second kappa shape index (κ2) is 11.5. The van der Waals surface area contributed by atoms with Crippen LogP contribution in [0.25, 0.3) is 10.2 Å². The van der Waals surface area contributed by atoms with Crippen molar-refractivity contribution in [2.45, 2.75) is 38.6 Å². The largest absolute Gasteiger partial charge is 0.457 e. The number of nitrogens with zero attached hydrogens (tertiary/aromatic N) is 3. The van der Waals surface area contributed by atoms with Crippen molar-refractivity contribution in [2.24, 2.45) is 5.92 Å². The second-order valence-corrected chi connectivity index (χ2v) is 12.3. The third kappa shape index (κ3) is 5.60. The van der Waals surface area contributed by atoms with Gasteiger partial charge in [-0.1, -0.05) is 18.2 Å². The predicted molar refractivity (Wildman–Crippen MR) is 165 cm³/mol. The fourth-order valence-electron chi connectivity index (χ4n) is 5.89. The Labute approximate surface area is 248 Å². The summed E-state index contributed by atoms with van der Waals surface area (Å²) in [5.74, 6) is 1.60. The zero-order chi connectivity index (χ0) is 29.4. The average molecular weight is 584 g/mol. The molecule has 42 heavy (non-hydrogen) atoms. The van der Waals surface area contributed by atoms with Crippen LogP contribution >= 0.6 is 11.3 Å². The van der Waals surface area contributed by atoms with E-state index >= 15 is 0 Å². The summed E-state index contributed by atoms with van der Waals surface area (Å²) in [5.41, 5.74) is 2.82. The summed E-state index contributed by atoms with van der Waals surface area (Å²) in [4.78, 5) is 48.6. The van der Waals surface area contributed by atoms with Gasteiger partial charge in [-0.05, 0) is 88.2 Å². The Balaban J connectivity index is 1.22. The summed E-state index contributed by atoms with van der Waals surface area (Å²) < 4.78 is 5.98. The van der Waals surface area contributed by atoms with Crippen LogP contribution in [0.2, 0.25) is 0 Å². The number of amides is 3. The second-order valence-electron chi connectivity index (χ2n) is 11.3. The number of hydrogen-bond donors (Lipinski definition) is 2. The summed E-state index contributed by atoms with van der Waals surface area (Å²) in [6, 6.07) is 16.7. The van der Waals surface area contributed by atoms with Crippen molar-refractivity contribution >= 4 is 56.3 Å². The number of urea groups is 1. The van der Waals surface area contributed by atoms with E-state index in [0.717, 1.165) is 41.6 Å². The van der Waals surface area contributed by atoms with Crippen LogP contribution in [0, 0.1) is 12.8 Å². The normalized spacial score (nSPS) is 17.9. The van der Waals surface area contributed by atoms with Crippen molar-refractivity contribution < 1.29 is 19.1 Å². The Morgan fingerprint density at radius 3 is 2.67 bits per heavy atom. The van der Waals surface area contributed by atoms with E-state index < -0.39 is 0 Å². The number of pyridine rings is 1. The molecule has 3 heterocycles. The molecule has 216 valence electrons. The molecule has 0 saturated heterocycles. The first-order valence-corrected chi connectivity index (χ1v) is 14.9. The molecular formula is C32H33N5O4S. The molecule has 6 rings (SSSR count). The van der Waals surface area contributed by atoms with E-state index in [-0.39, 0.29) is 29.7 Å². The van der Waals surface area contributed by atoms with E-state index in [1.165, 1.54) is 11.3 Å². The summed E-state index contributed by atoms with van der Waals surface area (Å²) in [6.45, 7) is 2.29. The third-order valence-corrected chi connectivity index (χ3v) is 8.87. The lowest BCUT2D eigenvalue weighted by atomic mass is 9.99. The molecule has 0 bridgehead atoms. The van der Waals surface area contributed by atoms with Crippen LogP contribution in [-0.4, -0.2) is 54.3 Å². The molecule has 2 N–H and O–H groups in total. The number of benzene rings is 2. The summed E-state index contributed by atoms with van der Waals surface area (Å²) >= 11 is 1.32. The zero-order valence-electron chi connectivity index (χ0n) is 23.8. The van der Waals surface area contributed by atoms with Crippen molar-refractivity contribution in [1.82, 2.24) is 15.2 Å². The van der Waals surface area contributed by atoms with Gasteiger partial charge in [0.2, 0.25) is 5.91 Å². The van der Waals surface area contributed by atoms with Crippen molar-refractivity contribution in [3.8, 4) is 11.5 Å². The summed E-state index contributed by atoms with van der Waals surface area (Å²) in [7, 11) is 3.73. The van der Waals surface area contributed by atoms with Gasteiger partial charge < -0.3 is 20.3 Å². The first-order valence-electron chi connectivity index (χ1n) is 14.1. The number of hydrogen-bond acceptors (Lipinski definition) is 7. The first kappa shape index (κ1) is 27.9. The molecule has 2 aromatic heterocycles. The van der Waals surface area contributed by atoms with Gasteiger partial charge in [0.15, 0.2) is 5.78 Å². The van der Waals surface area contributed by atoms with Gasteiger partial charge in [0, 0.05) is 18.7 Å². The molecule has 2 aliphatic rings. The molecule has 10 heteroatoms. The zero-order valence-corrected chi connectivity index (χ0v) is 24.7. The molecule has 9 nitrogen and oxygen atoms in total. The highest BCUT2D eigenvalue weighted by molar-refractivity contribution is 7.21. The van der Waals surface area contributed by atoms with Crippen LogP contribution in [0.5, 0.6) is 11.5 Å². The van der Waals surface area contributed by atoms with Crippen molar-refractivity contribution in [3.05, 3.63) is 71.2 Å². The highest BCUT2D eigenvalue weighted by Crippen LogP contribution is 2.47. The van der Waals surface area contributed by atoms with Gasteiger partial charge in [-0.25, -0.2) is 9.78 Å². The Morgan fingerprint density at radius 1 is 1.10 bits per heavy atom. The standard InChI is InChI=1S/C32H33N5O4S/c1-19-15-23(41-22-7-5-4-6-8-22)11-12-24(19)37-25-13-14-33-31-28(25)29(35-32(37)40)30(42-31)26(38)17-20-9-10-21(16-20)34-27(39)18-36(2)3/h4-8,11-15,20-21H,9-10,16-18H2,1-3H3,(H,34,39)(H,35,40)/t20-,21+/m0/s1. The van der Waals surface area contributed by atoms with Crippen LogP contribution < -0.4 is 20.3 Å². The molecule has 1 fully saturated rings. The number of rotatable bonds is 9. The fourth-order valence-corrected chi connectivity index (χ4v) is 6.96. The number of carbonyl (C=O) groups excluding carboxylic acids is 3. The lowest BCUT2D eigenvalue weighted by molar-refractivity contribution is -0.122. The minimum Gasteiger partial charge on any atom is -0.457 e. The number of Topliss-reactive ketones (excluding diaryl/α,β-unsaturated/α-hetero) is 1. The number of ether oxygens (including phenoxy) is 1. The average Bonchev–Trinajstić information content (AvgIpc) is 3.54. The van der Waals surface area contributed by atoms with E-state index in [2.05, 4.69) is 15.6 Å². The van der Waals surface area contributed by atoms with Gasteiger partial charge in [-0.15, -0.1) is 11.3 Å². The number of carbonyl (C=O) groups is 3. The summed E-state index contributed by atoms with van der Waals surface area (Å²) in [6.07, 6.45) is 4.57. The molecule has 3 amide bonds. The molecule has 2 aromatic carbocycles. The van der Waals surface area contributed by atoms with Crippen LogP contribution in [0.3, 0.4) is 0 Å². The number of nitrogens with one attached hydrogen (secondary N) is 2. The molecule has 0 spiro atoms. The Kier molecular flexibility index (Phi) is 7.66. The highest BCUT2D eigenvalue weighted by atomic mass is 32.1. The SMILES string of the molecule is Cc1cc(Oc2ccccc2)ccc1N1C(=O)Nc2c(C(=O)C[C@H]3CC[C@@H](NC(=O)CN(C)C)C3)sc3nccc1c23. The van der Waals surface area contributed by atoms with Crippen LogP contribution in [0.1, 0.15) is 40.9 Å². The van der Waals surface area contributed by atoms with E-state index in [1.54, 1.807) is 11.1 Å². The van der Waals surface area contributed by atoms with Crippen LogP contribution in [0.4, 0.5) is 21.9 Å². The minimum atomic E-state index is -0.327. The van der Waals surface area contributed by atoms with E-state index in [0.29, 0.717) is 39.8 Å². The Bertz CT molecular complexity index is 1670. The molecule has 1 aliphatic carbocycles. The Morgan fingerprint density at radius 2 is 1.90 bits per heavy atom. The topological polar surface area (TPSA) is 104 Å². The third-order valence-electron chi connectivity index (χ3n) is 7.73. The molecule has 1 saturated carbocycles. The fraction of sp³-hybridized carbons (Fsp3) is 0.312. The highest BCUT2D eigenvalue weighted by Gasteiger charge is 2.35. The smallest absolute Gasteiger partial charge is 0.331 e. The molecule has 0 unspecified atom stereocenters. The number of aromatic nitrogens is 1. The van der Waals surface area contributed by atoms with E-state index in [1.807, 2.05) is 80.5 Å². The Hall–Kier alpha value is -4.28. The lowest BCUT2D eigenvalue weighted by Gasteiger charge is -2.29. The van der Waals surface area contributed by atoms with Gasteiger partial charge >= 0.3 is 6.03 Å². The van der Waals surface area contributed by atoms with Gasteiger partial charge in [-0.2, -0.15) is 0 Å². The predicted octanol–water partition coefficient (Wildman–Crippen LogP) is 6.50.